The summed E-state index contributed by atoms with van der Waals surface area (Å²) in [4.78, 5) is 11.4. The van der Waals surface area contributed by atoms with Gasteiger partial charge in [0.15, 0.2) is 17.4 Å². The number of carbonyl (C=O) groups is 1. The highest BCUT2D eigenvalue weighted by Gasteiger charge is 2.47. The summed E-state index contributed by atoms with van der Waals surface area (Å²) in [6.07, 6.45) is 2.78. The average Bonchev–Trinajstić information content (AvgIpc) is 2.69. The van der Waals surface area contributed by atoms with Crippen molar-refractivity contribution in [1.29, 1.82) is 0 Å². The third kappa shape index (κ3) is 7.54. The predicted octanol–water partition coefficient (Wildman–Crippen LogP) is 6.79. The number of hydrogen-bond acceptors (Lipinski definition) is 4. The van der Waals surface area contributed by atoms with Gasteiger partial charge in [-0.2, -0.15) is 0 Å². The van der Waals surface area contributed by atoms with Crippen LogP contribution < -0.4 is 4.43 Å². The first kappa shape index (κ1) is 28.6. The molecule has 0 fully saturated rings. The SMILES string of the molecule is CCOC(=O)CCCCC(CO)Cc1cc(F)c(O[Si](C(C)C)(C(C)C)C(C)C)c(F)c1. The zero-order chi connectivity index (χ0) is 24.5. The normalized spacial score (nSPS) is 13.2. The van der Waals surface area contributed by atoms with Crippen LogP contribution in [0.4, 0.5) is 8.78 Å². The summed E-state index contributed by atoms with van der Waals surface area (Å²) in [5.74, 6) is -1.99. The molecule has 1 aromatic carbocycles. The van der Waals surface area contributed by atoms with E-state index in [2.05, 4.69) is 41.5 Å². The van der Waals surface area contributed by atoms with Crippen molar-refractivity contribution in [2.75, 3.05) is 13.2 Å². The van der Waals surface area contributed by atoms with Crippen molar-refractivity contribution in [3.63, 3.8) is 0 Å². The van der Waals surface area contributed by atoms with Crippen molar-refractivity contribution in [2.45, 2.75) is 97.2 Å². The van der Waals surface area contributed by atoms with Crippen LogP contribution in [0.5, 0.6) is 5.75 Å². The molecule has 1 rings (SSSR count). The number of carbonyl (C=O) groups excluding carboxylic acids is 1. The van der Waals surface area contributed by atoms with Gasteiger partial charge in [-0.15, -0.1) is 0 Å². The smallest absolute Gasteiger partial charge is 0.305 e. The lowest BCUT2D eigenvalue weighted by molar-refractivity contribution is -0.143. The van der Waals surface area contributed by atoms with Crippen molar-refractivity contribution >= 4 is 14.3 Å². The zero-order valence-corrected chi connectivity index (χ0v) is 21.8. The fraction of sp³-hybridized carbons (Fsp3) is 0.720. The molecule has 1 N–H and O–H groups in total. The number of hydrogen-bond donors (Lipinski definition) is 1. The molecule has 0 saturated heterocycles. The first-order valence-corrected chi connectivity index (χ1v) is 14.1. The molecule has 0 bridgehead atoms. The van der Waals surface area contributed by atoms with Gasteiger partial charge in [0.1, 0.15) is 0 Å². The third-order valence-corrected chi connectivity index (χ3v) is 12.3. The van der Waals surface area contributed by atoms with E-state index in [-0.39, 0.29) is 40.9 Å². The van der Waals surface area contributed by atoms with Crippen LogP contribution in [0, 0.1) is 17.6 Å². The molecule has 7 heteroatoms. The molecular formula is C25H42F2O4Si. The lowest BCUT2D eigenvalue weighted by Crippen LogP contribution is -2.51. The summed E-state index contributed by atoms with van der Waals surface area (Å²) >= 11 is 0. The van der Waals surface area contributed by atoms with Crippen LogP contribution in [-0.2, 0) is 16.0 Å². The number of esters is 1. The Morgan fingerprint density at radius 3 is 1.97 bits per heavy atom. The molecule has 1 atom stereocenters. The maximum absolute atomic E-state index is 15.0. The molecule has 32 heavy (non-hydrogen) atoms. The third-order valence-electron chi connectivity index (χ3n) is 6.38. The van der Waals surface area contributed by atoms with Crippen LogP contribution in [0.1, 0.15) is 79.7 Å². The number of halogens is 2. The number of benzene rings is 1. The van der Waals surface area contributed by atoms with Crippen molar-refractivity contribution in [3.05, 3.63) is 29.3 Å². The molecule has 0 aliphatic carbocycles. The van der Waals surface area contributed by atoms with Crippen molar-refractivity contribution in [2.24, 2.45) is 5.92 Å². The Bertz CT molecular complexity index is 677. The van der Waals surface area contributed by atoms with E-state index < -0.39 is 20.0 Å². The fourth-order valence-electron chi connectivity index (χ4n) is 4.88. The quantitative estimate of drug-likeness (QED) is 0.184. The fourth-order valence-corrected chi connectivity index (χ4v) is 10.1. The molecule has 1 aromatic rings. The molecule has 0 heterocycles. The zero-order valence-electron chi connectivity index (χ0n) is 20.8. The first-order chi connectivity index (χ1) is 15.0. The Morgan fingerprint density at radius 1 is 1.00 bits per heavy atom. The minimum atomic E-state index is -2.48. The van der Waals surface area contributed by atoms with E-state index in [0.29, 0.717) is 37.9 Å². The molecule has 0 aliphatic heterocycles. The Kier molecular flexibility index (Phi) is 11.9. The molecule has 0 saturated carbocycles. The second-order valence-electron chi connectivity index (χ2n) is 9.61. The summed E-state index contributed by atoms with van der Waals surface area (Å²) in [5, 5.41) is 9.71. The maximum Gasteiger partial charge on any atom is 0.305 e. The van der Waals surface area contributed by atoms with Gasteiger partial charge in [-0.1, -0.05) is 48.0 Å². The molecule has 1 unspecified atom stereocenters. The van der Waals surface area contributed by atoms with E-state index in [4.69, 9.17) is 9.16 Å². The van der Waals surface area contributed by atoms with Crippen LogP contribution in [0.15, 0.2) is 12.1 Å². The van der Waals surface area contributed by atoms with Crippen LogP contribution >= 0.6 is 0 Å². The van der Waals surface area contributed by atoms with Gasteiger partial charge in [-0.3, -0.25) is 4.79 Å². The second-order valence-corrected chi connectivity index (χ2v) is 15.0. The van der Waals surface area contributed by atoms with Crippen molar-refractivity contribution in [1.82, 2.24) is 0 Å². The molecule has 0 spiro atoms. The van der Waals surface area contributed by atoms with Crippen molar-refractivity contribution < 1.29 is 27.8 Å². The first-order valence-electron chi connectivity index (χ1n) is 11.9. The van der Waals surface area contributed by atoms with Gasteiger partial charge in [0.2, 0.25) is 0 Å². The number of rotatable bonds is 14. The summed E-state index contributed by atoms with van der Waals surface area (Å²) in [5.41, 5.74) is 1.11. The van der Waals surface area contributed by atoms with Crippen LogP contribution in [0.3, 0.4) is 0 Å². The van der Waals surface area contributed by atoms with Gasteiger partial charge in [0.05, 0.1) is 6.61 Å². The van der Waals surface area contributed by atoms with Gasteiger partial charge in [0.25, 0.3) is 8.32 Å². The lowest BCUT2D eigenvalue weighted by atomic mass is 9.94. The van der Waals surface area contributed by atoms with E-state index in [1.165, 1.54) is 12.1 Å². The number of unbranched alkanes of at least 4 members (excludes halogenated alkanes) is 1. The molecule has 0 amide bonds. The summed E-state index contributed by atoms with van der Waals surface area (Å²) in [7, 11) is -2.48. The Labute approximate surface area is 193 Å². The Balaban J connectivity index is 2.91. The second kappa shape index (κ2) is 13.3. The largest absolute Gasteiger partial charge is 0.539 e. The highest BCUT2D eigenvalue weighted by atomic mass is 28.4. The Hall–Kier alpha value is -1.47. The Morgan fingerprint density at radius 2 is 1.53 bits per heavy atom. The standard InChI is InChI=1S/C25H42F2O4Si/c1-8-30-24(29)12-10-9-11-20(16-28)13-21-14-22(26)25(23(27)15-21)31-32(17(2)3,18(4)5)19(6)7/h14-15,17-20,28H,8-13,16H2,1-7H3. The predicted molar refractivity (Wildman–Crippen MR) is 127 cm³/mol. The molecule has 0 aliphatic rings. The van der Waals surface area contributed by atoms with Gasteiger partial charge in [-0.25, -0.2) is 8.78 Å². The van der Waals surface area contributed by atoms with Crippen molar-refractivity contribution in [3.8, 4) is 5.75 Å². The topological polar surface area (TPSA) is 55.8 Å². The minimum absolute atomic E-state index is 0.0784. The van der Waals surface area contributed by atoms with Gasteiger partial charge < -0.3 is 14.3 Å². The van der Waals surface area contributed by atoms with E-state index in [0.717, 1.165) is 6.42 Å². The van der Waals surface area contributed by atoms with Gasteiger partial charge in [-0.05, 0) is 66.4 Å². The summed E-state index contributed by atoms with van der Waals surface area (Å²) in [6, 6.07) is 2.67. The molecule has 0 aromatic heterocycles. The monoisotopic (exact) mass is 472 g/mol. The molecule has 4 nitrogen and oxygen atoms in total. The highest BCUT2D eigenvalue weighted by molar-refractivity contribution is 6.78. The highest BCUT2D eigenvalue weighted by Crippen LogP contribution is 2.44. The van der Waals surface area contributed by atoms with Gasteiger partial charge >= 0.3 is 5.97 Å². The number of aliphatic hydroxyl groups excluding tert-OH is 1. The van der Waals surface area contributed by atoms with Crippen LogP contribution in [-0.4, -0.2) is 32.6 Å². The summed E-state index contributed by atoms with van der Waals surface area (Å²) < 4.78 is 41.2. The maximum atomic E-state index is 15.0. The minimum Gasteiger partial charge on any atom is -0.539 e. The van der Waals surface area contributed by atoms with E-state index >= 15 is 0 Å². The number of aliphatic hydroxyl groups is 1. The van der Waals surface area contributed by atoms with E-state index in [1.54, 1.807) is 6.92 Å². The van der Waals surface area contributed by atoms with E-state index in [1.807, 2.05) is 0 Å². The van der Waals surface area contributed by atoms with E-state index in [9.17, 15) is 18.7 Å². The summed E-state index contributed by atoms with van der Waals surface area (Å²) in [6.45, 7) is 14.5. The molecule has 184 valence electrons. The van der Waals surface area contributed by atoms with Crippen LogP contribution in [0.2, 0.25) is 16.6 Å². The number of ether oxygens (including phenoxy) is 1. The van der Waals surface area contributed by atoms with Crippen LogP contribution in [0.25, 0.3) is 0 Å². The molecular weight excluding hydrogens is 430 g/mol. The lowest BCUT2D eigenvalue weighted by Gasteiger charge is -2.42. The van der Waals surface area contributed by atoms with Gasteiger partial charge in [0, 0.05) is 13.0 Å². The molecule has 0 radical (unpaired) electrons. The average molecular weight is 473 g/mol.